The SMILES string of the molecule is C(=C(c1ccc2sc3ccccc3c2c1)c1cc2c3ccccc3c(N(c3ccccc3)c3ccc4sc5ccccc5c4c3)cc2c2ccccc12)c1ccccc1. The van der Waals surface area contributed by atoms with Crippen LogP contribution in [0.5, 0.6) is 0 Å². The van der Waals surface area contributed by atoms with E-state index in [9.17, 15) is 0 Å². The van der Waals surface area contributed by atoms with Gasteiger partial charge in [0.2, 0.25) is 0 Å². The summed E-state index contributed by atoms with van der Waals surface area (Å²) in [4.78, 5) is 2.46. The van der Waals surface area contributed by atoms with Crippen molar-refractivity contribution in [2.45, 2.75) is 0 Å². The number of para-hydroxylation sites is 1. The Morgan fingerprint density at radius 3 is 1.54 bits per heavy atom. The largest absolute Gasteiger partial charge is 0.310 e. The Balaban J connectivity index is 1.14. The lowest BCUT2D eigenvalue weighted by Crippen LogP contribution is -2.10. The molecule has 0 amide bonds. The predicted molar refractivity (Wildman–Crippen MR) is 259 cm³/mol. The lowest BCUT2D eigenvalue weighted by Gasteiger charge is -2.28. The van der Waals surface area contributed by atoms with E-state index in [0.29, 0.717) is 0 Å². The van der Waals surface area contributed by atoms with Gasteiger partial charge in [-0.3, -0.25) is 0 Å². The van der Waals surface area contributed by atoms with E-state index in [2.05, 4.69) is 217 Å². The van der Waals surface area contributed by atoms with Gasteiger partial charge in [-0.25, -0.2) is 0 Å². The first-order valence-corrected chi connectivity index (χ1v) is 21.7. The Morgan fingerprint density at radius 1 is 0.339 bits per heavy atom. The van der Waals surface area contributed by atoms with Crippen LogP contribution >= 0.6 is 22.7 Å². The molecule has 12 aromatic rings. The van der Waals surface area contributed by atoms with Gasteiger partial charge in [0.25, 0.3) is 0 Å². The second-order valence-electron chi connectivity index (χ2n) is 15.2. The molecule has 0 saturated carbocycles. The Bertz CT molecular complexity index is 3610. The van der Waals surface area contributed by atoms with Crippen molar-refractivity contribution in [1.82, 2.24) is 0 Å². The molecule has 0 radical (unpaired) electrons. The Morgan fingerprint density at radius 2 is 0.847 bits per heavy atom. The molecule has 2 aromatic heterocycles. The normalized spacial score (nSPS) is 12.2. The molecule has 10 aromatic carbocycles. The van der Waals surface area contributed by atoms with Gasteiger partial charge in [0, 0.05) is 57.1 Å². The standard InChI is InChI=1S/C56H35NS2/c1-3-15-36(16-4-1)31-46(37-27-29-55-50(32-37)44-23-11-13-25-53(44)58-55)47-34-48-42-21-9-10-22-43(42)52(35-49(48)41-20-8-7-19-40(41)47)57(38-17-5-2-6-18-38)39-28-30-56-51(33-39)45-24-12-14-26-54(45)59-56/h1-35H. The highest BCUT2D eigenvalue weighted by molar-refractivity contribution is 7.26. The maximum atomic E-state index is 2.46. The third-order valence-corrected chi connectivity index (χ3v) is 14.1. The fraction of sp³-hybridized carbons (Fsp3) is 0. The minimum absolute atomic E-state index is 1.13. The van der Waals surface area contributed by atoms with Crippen LogP contribution in [0.2, 0.25) is 0 Å². The lowest BCUT2D eigenvalue weighted by molar-refractivity contribution is 1.31. The van der Waals surface area contributed by atoms with Gasteiger partial charge in [0.05, 0.1) is 5.69 Å². The summed E-state index contributed by atoms with van der Waals surface area (Å²) in [6, 6.07) is 76.0. The van der Waals surface area contributed by atoms with E-state index in [-0.39, 0.29) is 0 Å². The van der Waals surface area contributed by atoms with Crippen LogP contribution in [-0.4, -0.2) is 0 Å². The number of hydrogen-bond donors (Lipinski definition) is 0. The fourth-order valence-corrected chi connectivity index (χ4v) is 11.3. The first-order valence-electron chi connectivity index (χ1n) is 20.1. The van der Waals surface area contributed by atoms with Crippen molar-refractivity contribution < 1.29 is 0 Å². The van der Waals surface area contributed by atoms with E-state index < -0.39 is 0 Å². The topological polar surface area (TPSA) is 3.24 Å². The summed E-state index contributed by atoms with van der Waals surface area (Å²) in [5.74, 6) is 0. The quantitative estimate of drug-likeness (QED) is 0.120. The summed E-state index contributed by atoms with van der Waals surface area (Å²) >= 11 is 3.73. The van der Waals surface area contributed by atoms with E-state index >= 15 is 0 Å². The second kappa shape index (κ2) is 13.8. The molecule has 0 unspecified atom stereocenters. The maximum Gasteiger partial charge on any atom is 0.0546 e. The Labute approximate surface area is 350 Å². The van der Waals surface area contributed by atoms with Gasteiger partial charge < -0.3 is 4.90 Å². The molecule has 0 spiro atoms. The molecule has 0 atom stereocenters. The molecule has 0 bridgehead atoms. The highest BCUT2D eigenvalue weighted by Crippen LogP contribution is 2.47. The molecule has 1 nitrogen and oxygen atoms in total. The monoisotopic (exact) mass is 785 g/mol. The average molecular weight is 786 g/mol. The number of rotatable bonds is 6. The third kappa shape index (κ3) is 5.66. The van der Waals surface area contributed by atoms with Crippen LogP contribution in [0.15, 0.2) is 206 Å². The molecule has 0 aliphatic rings. The maximum absolute atomic E-state index is 2.46. The van der Waals surface area contributed by atoms with Crippen molar-refractivity contribution in [3.63, 3.8) is 0 Å². The first-order chi connectivity index (χ1) is 29.2. The van der Waals surface area contributed by atoms with Crippen molar-refractivity contribution in [1.29, 1.82) is 0 Å². The molecule has 59 heavy (non-hydrogen) atoms. The zero-order valence-electron chi connectivity index (χ0n) is 32.0. The van der Waals surface area contributed by atoms with Gasteiger partial charge in [-0.2, -0.15) is 0 Å². The molecule has 2 heterocycles. The molecule has 0 saturated heterocycles. The molecule has 0 N–H and O–H groups in total. The zero-order valence-corrected chi connectivity index (χ0v) is 33.6. The zero-order chi connectivity index (χ0) is 38.9. The molecule has 0 aliphatic carbocycles. The van der Waals surface area contributed by atoms with Gasteiger partial charge in [-0.15, -0.1) is 22.7 Å². The summed E-state index contributed by atoms with van der Waals surface area (Å²) in [6.07, 6.45) is 2.38. The van der Waals surface area contributed by atoms with Crippen molar-refractivity contribution in [3.8, 4) is 0 Å². The number of hydrogen-bond acceptors (Lipinski definition) is 3. The molecular weight excluding hydrogens is 751 g/mol. The van der Waals surface area contributed by atoms with Gasteiger partial charge in [-0.05, 0) is 122 Å². The average Bonchev–Trinajstić information content (AvgIpc) is 3.87. The Hall–Kier alpha value is -7.04. The van der Waals surface area contributed by atoms with Crippen molar-refractivity contribution >= 4 is 124 Å². The summed E-state index contributed by atoms with van der Waals surface area (Å²) in [5.41, 5.74) is 8.25. The van der Waals surface area contributed by atoms with Crippen LogP contribution in [0.3, 0.4) is 0 Å². The summed E-state index contributed by atoms with van der Waals surface area (Å²) in [5, 5.41) is 12.6. The van der Waals surface area contributed by atoms with Gasteiger partial charge in [0.15, 0.2) is 0 Å². The van der Waals surface area contributed by atoms with Crippen molar-refractivity contribution in [2.75, 3.05) is 4.90 Å². The molecule has 0 fully saturated rings. The Kier molecular flexibility index (Phi) is 7.97. The number of anilines is 3. The highest BCUT2D eigenvalue weighted by Gasteiger charge is 2.21. The van der Waals surface area contributed by atoms with E-state index in [4.69, 9.17) is 0 Å². The molecule has 0 aliphatic heterocycles. The third-order valence-electron chi connectivity index (χ3n) is 11.8. The van der Waals surface area contributed by atoms with Gasteiger partial charge >= 0.3 is 0 Å². The smallest absolute Gasteiger partial charge is 0.0546 e. The van der Waals surface area contributed by atoms with Gasteiger partial charge in [-0.1, -0.05) is 140 Å². The highest BCUT2D eigenvalue weighted by atomic mass is 32.1. The molecule has 12 rings (SSSR count). The van der Waals surface area contributed by atoms with Crippen LogP contribution in [0.1, 0.15) is 16.7 Å². The predicted octanol–water partition coefficient (Wildman–Crippen LogP) is 16.9. The molecular formula is C56H35NS2. The van der Waals surface area contributed by atoms with E-state index in [1.165, 1.54) is 94.9 Å². The van der Waals surface area contributed by atoms with E-state index in [1.807, 2.05) is 22.7 Å². The first kappa shape index (κ1) is 34.0. The van der Waals surface area contributed by atoms with Crippen LogP contribution < -0.4 is 4.90 Å². The van der Waals surface area contributed by atoms with Crippen molar-refractivity contribution in [2.24, 2.45) is 0 Å². The van der Waals surface area contributed by atoms with Crippen molar-refractivity contribution in [3.05, 3.63) is 223 Å². The number of benzene rings is 10. The number of nitrogens with zero attached hydrogens (tertiary/aromatic N) is 1. The fourth-order valence-electron chi connectivity index (χ4n) is 9.12. The minimum Gasteiger partial charge on any atom is -0.310 e. The van der Waals surface area contributed by atoms with Gasteiger partial charge in [0.1, 0.15) is 0 Å². The summed E-state index contributed by atoms with van der Waals surface area (Å²) in [7, 11) is 0. The van der Waals surface area contributed by atoms with E-state index in [0.717, 1.165) is 17.1 Å². The molecule has 276 valence electrons. The molecule has 3 heteroatoms. The number of fused-ring (bicyclic) bond motifs is 11. The van der Waals surface area contributed by atoms with Crippen LogP contribution in [0.25, 0.3) is 84.3 Å². The van der Waals surface area contributed by atoms with E-state index in [1.54, 1.807) is 0 Å². The van der Waals surface area contributed by atoms with Crippen LogP contribution in [0.4, 0.5) is 17.1 Å². The minimum atomic E-state index is 1.13. The summed E-state index contributed by atoms with van der Waals surface area (Å²) < 4.78 is 5.24. The van der Waals surface area contributed by atoms with Crippen LogP contribution in [0, 0.1) is 0 Å². The summed E-state index contributed by atoms with van der Waals surface area (Å²) in [6.45, 7) is 0. The second-order valence-corrected chi connectivity index (χ2v) is 17.4. The van der Waals surface area contributed by atoms with Crippen LogP contribution in [-0.2, 0) is 0 Å². The lowest BCUT2D eigenvalue weighted by atomic mass is 9.86. The number of thiophene rings is 2.